The van der Waals surface area contributed by atoms with Crippen molar-refractivity contribution in [1.82, 2.24) is 16.0 Å². The van der Waals surface area contributed by atoms with Crippen molar-refractivity contribution in [3.05, 3.63) is 29.8 Å². The Balaban J connectivity index is 0.00000729. The molecular weight excluding hydrogens is 467 g/mol. The van der Waals surface area contributed by atoms with Crippen molar-refractivity contribution in [3.8, 4) is 5.75 Å². The number of likely N-dealkylation sites (N-methyl/N-ethyl adjacent to an activating group) is 1. The molecule has 0 heterocycles. The number of amides is 1. The number of guanidine groups is 1. The van der Waals surface area contributed by atoms with Gasteiger partial charge >= 0.3 is 0 Å². The lowest BCUT2D eigenvalue weighted by Crippen LogP contribution is -2.42. The minimum absolute atomic E-state index is 0. The van der Waals surface area contributed by atoms with E-state index in [0.29, 0.717) is 30.8 Å². The third-order valence-corrected chi connectivity index (χ3v) is 3.97. The quantitative estimate of drug-likeness (QED) is 0.244. The Bertz CT molecular complexity index is 594. The monoisotopic (exact) mass is 504 g/mol. The second kappa shape index (κ2) is 15.4. The Labute approximate surface area is 187 Å². The first-order valence-electron chi connectivity index (χ1n) is 9.97. The third-order valence-electron chi connectivity index (χ3n) is 3.97. The zero-order valence-electron chi connectivity index (χ0n) is 17.9. The van der Waals surface area contributed by atoms with Crippen molar-refractivity contribution in [3.63, 3.8) is 0 Å². The highest BCUT2D eigenvalue weighted by Crippen LogP contribution is 2.14. The summed E-state index contributed by atoms with van der Waals surface area (Å²) in [6, 6.07) is 8.08. The lowest BCUT2D eigenvalue weighted by molar-refractivity contribution is -0.122. The summed E-state index contributed by atoms with van der Waals surface area (Å²) in [6.45, 7) is 12.6. The van der Waals surface area contributed by atoms with Gasteiger partial charge in [-0.2, -0.15) is 0 Å². The molecular formula is C21H37IN4O2. The van der Waals surface area contributed by atoms with E-state index < -0.39 is 0 Å². The molecule has 7 heteroatoms. The number of rotatable bonds is 11. The third kappa shape index (κ3) is 12.0. The summed E-state index contributed by atoms with van der Waals surface area (Å²) in [6.07, 6.45) is 2.31. The lowest BCUT2D eigenvalue weighted by Gasteiger charge is -2.18. The second-order valence-electron chi connectivity index (χ2n) is 7.10. The zero-order valence-corrected chi connectivity index (χ0v) is 20.2. The van der Waals surface area contributed by atoms with E-state index in [4.69, 9.17) is 4.74 Å². The van der Waals surface area contributed by atoms with Crippen LogP contribution < -0.4 is 20.7 Å². The van der Waals surface area contributed by atoms with E-state index >= 15 is 0 Å². The number of aliphatic imine (C=N–C) groups is 1. The van der Waals surface area contributed by atoms with Crippen LogP contribution in [-0.4, -0.2) is 37.6 Å². The predicted molar refractivity (Wildman–Crippen MR) is 128 cm³/mol. The number of carbonyl (C=O) groups is 1. The van der Waals surface area contributed by atoms with Gasteiger partial charge in [-0.15, -0.1) is 24.0 Å². The Morgan fingerprint density at radius 3 is 2.46 bits per heavy atom. The van der Waals surface area contributed by atoms with Crippen molar-refractivity contribution >= 4 is 35.8 Å². The van der Waals surface area contributed by atoms with Crippen LogP contribution in [0.5, 0.6) is 5.75 Å². The van der Waals surface area contributed by atoms with E-state index in [2.05, 4.69) is 48.6 Å². The molecule has 160 valence electrons. The van der Waals surface area contributed by atoms with E-state index in [1.807, 2.05) is 31.2 Å². The van der Waals surface area contributed by atoms with Crippen LogP contribution in [0, 0.1) is 5.92 Å². The average molecular weight is 504 g/mol. The Morgan fingerprint density at radius 1 is 1.11 bits per heavy atom. The van der Waals surface area contributed by atoms with Gasteiger partial charge in [0, 0.05) is 19.1 Å². The maximum absolute atomic E-state index is 11.5. The highest BCUT2D eigenvalue weighted by atomic mass is 127. The van der Waals surface area contributed by atoms with E-state index in [-0.39, 0.29) is 36.5 Å². The smallest absolute Gasteiger partial charge is 0.257 e. The summed E-state index contributed by atoms with van der Waals surface area (Å²) in [5.41, 5.74) is 1.04. The van der Waals surface area contributed by atoms with Gasteiger partial charge in [0.15, 0.2) is 12.6 Å². The molecule has 0 bridgehead atoms. The number of hydrogen-bond donors (Lipinski definition) is 3. The van der Waals surface area contributed by atoms with Crippen LogP contribution >= 0.6 is 24.0 Å². The molecule has 28 heavy (non-hydrogen) atoms. The first kappa shape index (κ1) is 26.5. The van der Waals surface area contributed by atoms with Crippen LogP contribution in [0.4, 0.5) is 0 Å². The van der Waals surface area contributed by atoms with Crippen molar-refractivity contribution in [2.75, 3.05) is 19.7 Å². The molecule has 0 saturated heterocycles. The van der Waals surface area contributed by atoms with Crippen LogP contribution in [0.2, 0.25) is 0 Å². The fourth-order valence-electron chi connectivity index (χ4n) is 2.51. The van der Waals surface area contributed by atoms with Gasteiger partial charge in [0.05, 0.1) is 6.54 Å². The topological polar surface area (TPSA) is 74.8 Å². The number of ether oxygens (including phenoxy) is 1. The fraction of sp³-hybridized carbons (Fsp3) is 0.619. The summed E-state index contributed by atoms with van der Waals surface area (Å²) < 4.78 is 5.54. The molecule has 0 saturated carbocycles. The van der Waals surface area contributed by atoms with Gasteiger partial charge in [-0.05, 0) is 57.2 Å². The number of nitrogens with one attached hydrogen (secondary N) is 3. The molecule has 0 spiro atoms. The normalized spacial score (nSPS) is 12.1. The molecule has 1 amide bonds. The van der Waals surface area contributed by atoms with Gasteiger partial charge in [-0.1, -0.05) is 26.0 Å². The lowest BCUT2D eigenvalue weighted by atomic mass is 10.0. The zero-order chi connectivity index (χ0) is 20.1. The molecule has 1 atom stereocenters. The van der Waals surface area contributed by atoms with Crippen LogP contribution in [0.15, 0.2) is 29.3 Å². The summed E-state index contributed by atoms with van der Waals surface area (Å²) in [5.74, 6) is 2.09. The van der Waals surface area contributed by atoms with E-state index in [9.17, 15) is 4.79 Å². The summed E-state index contributed by atoms with van der Waals surface area (Å²) in [7, 11) is 0. The van der Waals surface area contributed by atoms with Crippen molar-refractivity contribution in [2.45, 2.75) is 60.0 Å². The largest absolute Gasteiger partial charge is 0.484 e. The fourth-order valence-corrected chi connectivity index (χ4v) is 2.51. The Kier molecular flexibility index (Phi) is 14.6. The number of nitrogens with zero attached hydrogens (tertiary/aromatic N) is 1. The van der Waals surface area contributed by atoms with Crippen LogP contribution in [0.25, 0.3) is 0 Å². The second-order valence-corrected chi connectivity index (χ2v) is 7.10. The highest BCUT2D eigenvalue weighted by Gasteiger charge is 2.07. The molecule has 1 rings (SSSR count). The maximum Gasteiger partial charge on any atom is 0.257 e. The first-order valence-corrected chi connectivity index (χ1v) is 9.97. The molecule has 6 nitrogen and oxygen atoms in total. The summed E-state index contributed by atoms with van der Waals surface area (Å²) in [4.78, 5) is 16.2. The molecule has 1 unspecified atom stereocenters. The van der Waals surface area contributed by atoms with Gasteiger partial charge in [0.25, 0.3) is 5.91 Å². The molecule has 1 aromatic carbocycles. The first-order chi connectivity index (χ1) is 12.9. The molecule has 0 radical (unpaired) electrons. The SMILES string of the molecule is CCNC(=O)COc1cccc(CN=C(NCC)NC(C)CCC(C)C)c1.I. The molecule has 0 aromatic heterocycles. The van der Waals surface area contributed by atoms with Gasteiger partial charge in [0.1, 0.15) is 5.75 Å². The molecule has 0 aliphatic carbocycles. The van der Waals surface area contributed by atoms with Gasteiger partial charge in [-0.3, -0.25) is 4.79 Å². The number of halogens is 1. The van der Waals surface area contributed by atoms with Crippen molar-refractivity contribution in [2.24, 2.45) is 10.9 Å². The van der Waals surface area contributed by atoms with Crippen LogP contribution in [0.3, 0.4) is 0 Å². The van der Waals surface area contributed by atoms with Gasteiger partial charge in [0.2, 0.25) is 0 Å². The number of benzene rings is 1. The molecule has 0 aliphatic heterocycles. The molecule has 0 aliphatic rings. The number of carbonyl (C=O) groups excluding carboxylic acids is 1. The molecule has 0 fully saturated rings. The van der Waals surface area contributed by atoms with Crippen LogP contribution in [-0.2, 0) is 11.3 Å². The average Bonchev–Trinajstić information content (AvgIpc) is 2.63. The summed E-state index contributed by atoms with van der Waals surface area (Å²) >= 11 is 0. The van der Waals surface area contributed by atoms with E-state index in [1.54, 1.807) is 0 Å². The minimum atomic E-state index is -0.116. The Morgan fingerprint density at radius 2 is 1.82 bits per heavy atom. The van der Waals surface area contributed by atoms with E-state index in [0.717, 1.165) is 24.5 Å². The maximum atomic E-state index is 11.5. The number of hydrogen-bond acceptors (Lipinski definition) is 3. The van der Waals surface area contributed by atoms with Crippen LogP contribution in [0.1, 0.15) is 53.0 Å². The van der Waals surface area contributed by atoms with Gasteiger partial charge < -0.3 is 20.7 Å². The standard InChI is InChI=1S/C21H36N4O2.HI/c1-6-22-20(26)15-27-19-10-8-9-18(13-19)14-24-21(23-7-2)25-17(5)12-11-16(3)4;/h8-10,13,16-17H,6-7,11-12,14-15H2,1-5H3,(H,22,26)(H2,23,24,25);1H. The van der Waals surface area contributed by atoms with Crippen molar-refractivity contribution < 1.29 is 9.53 Å². The summed E-state index contributed by atoms with van der Waals surface area (Å²) in [5, 5.41) is 9.48. The highest BCUT2D eigenvalue weighted by molar-refractivity contribution is 14.0. The minimum Gasteiger partial charge on any atom is -0.484 e. The molecule has 3 N–H and O–H groups in total. The van der Waals surface area contributed by atoms with E-state index in [1.165, 1.54) is 6.42 Å². The van der Waals surface area contributed by atoms with Crippen molar-refractivity contribution in [1.29, 1.82) is 0 Å². The molecule has 1 aromatic rings. The van der Waals surface area contributed by atoms with Gasteiger partial charge in [-0.25, -0.2) is 4.99 Å². The Hall–Kier alpha value is -1.51. The predicted octanol–water partition coefficient (Wildman–Crippen LogP) is 3.70.